The molecule has 0 aromatic heterocycles. The Balaban J connectivity index is 1.87. The molecule has 3 nitrogen and oxygen atoms in total. The minimum absolute atomic E-state index is 0.0210. The van der Waals surface area contributed by atoms with E-state index in [1.54, 1.807) is 0 Å². The zero-order chi connectivity index (χ0) is 15.9. The summed E-state index contributed by atoms with van der Waals surface area (Å²) in [6, 6.07) is 15.6. The van der Waals surface area contributed by atoms with Gasteiger partial charge in [0, 0.05) is 16.6 Å². The molecule has 0 radical (unpaired) electrons. The molecular formula is C18H21NO2S. The predicted octanol–water partition coefficient (Wildman–Crippen LogP) is 4.51. The molecule has 0 fully saturated rings. The van der Waals surface area contributed by atoms with Gasteiger partial charge in [-0.15, -0.1) is 11.8 Å². The van der Waals surface area contributed by atoms with E-state index in [0.717, 1.165) is 16.3 Å². The van der Waals surface area contributed by atoms with E-state index in [1.165, 1.54) is 17.3 Å². The quantitative estimate of drug-likeness (QED) is 0.797. The highest BCUT2D eigenvalue weighted by molar-refractivity contribution is 8.00. The third kappa shape index (κ3) is 5.45. The molecule has 0 heterocycles. The molecule has 0 atom stereocenters. The highest BCUT2D eigenvalue weighted by atomic mass is 32.2. The molecule has 0 aliphatic carbocycles. The fourth-order valence-corrected chi connectivity index (χ4v) is 2.60. The summed E-state index contributed by atoms with van der Waals surface area (Å²) in [5.41, 5.74) is 1.98. The van der Waals surface area contributed by atoms with Crippen molar-refractivity contribution in [1.29, 1.82) is 0 Å². The lowest BCUT2D eigenvalue weighted by Crippen LogP contribution is -2.14. The van der Waals surface area contributed by atoms with Crippen molar-refractivity contribution in [2.24, 2.45) is 0 Å². The van der Waals surface area contributed by atoms with Crippen molar-refractivity contribution in [1.82, 2.24) is 0 Å². The molecule has 0 aliphatic heterocycles. The van der Waals surface area contributed by atoms with Gasteiger partial charge in [0.25, 0.3) is 0 Å². The number of carbonyl (C=O) groups is 1. The third-order valence-corrected chi connectivity index (χ3v) is 3.89. The van der Waals surface area contributed by atoms with Gasteiger partial charge in [-0.3, -0.25) is 4.79 Å². The second kappa shape index (κ2) is 7.90. The number of benzene rings is 2. The third-order valence-electron chi connectivity index (χ3n) is 2.88. The number of rotatable bonds is 6. The monoisotopic (exact) mass is 315 g/mol. The van der Waals surface area contributed by atoms with Crippen LogP contribution < -0.4 is 10.1 Å². The second-order valence-electron chi connectivity index (χ2n) is 5.34. The van der Waals surface area contributed by atoms with Crippen molar-refractivity contribution in [3.05, 3.63) is 54.1 Å². The van der Waals surface area contributed by atoms with Crippen LogP contribution in [0.1, 0.15) is 19.4 Å². The van der Waals surface area contributed by atoms with Crippen molar-refractivity contribution < 1.29 is 9.53 Å². The molecule has 1 amide bonds. The second-order valence-corrected chi connectivity index (χ2v) is 6.39. The van der Waals surface area contributed by atoms with Crippen LogP contribution in [0, 0.1) is 6.92 Å². The SMILES string of the molecule is Cc1ccc(SCC(=O)Nc2cccc(OC(C)C)c2)cc1. The van der Waals surface area contributed by atoms with Gasteiger partial charge in [0.2, 0.25) is 5.91 Å². The van der Waals surface area contributed by atoms with Crippen molar-refractivity contribution >= 4 is 23.4 Å². The molecule has 0 saturated heterocycles. The summed E-state index contributed by atoms with van der Waals surface area (Å²) in [6.45, 7) is 6.00. The summed E-state index contributed by atoms with van der Waals surface area (Å²) in [6.07, 6.45) is 0.114. The number of hydrogen-bond acceptors (Lipinski definition) is 3. The number of thioether (sulfide) groups is 1. The van der Waals surface area contributed by atoms with Crippen molar-refractivity contribution in [2.45, 2.75) is 31.8 Å². The molecule has 0 bridgehead atoms. The summed E-state index contributed by atoms with van der Waals surface area (Å²) in [7, 11) is 0. The Kier molecular flexibility index (Phi) is 5.90. The lowest BCUT2D eigenvalue weighted by atomic mass is 10.2. The summed E-state index contributed by atoms with van der Waals surface area (Å²) < 4.78 is 5.62. The topological polar surface area (TPSA) is 38.3 Å². The van der Waals surface area contributed by atoms with Gasteiger partial charge in [-0.05, 0) is 45.0 Å². The van der Waals surface area contributed by atoms with E-state index >= 15 is 0 Å². The molecule has 22 heavy (non-hydrogen) atoms. The standard InChI is InChI=1S/C18H21NO2S/c1-13(2)21-16-6-4-5-15(11-16)19-18(20)12-22-17-9-7-14(3)8-10-17/h4-11,13H,12H2,1-3H3,(H,19,20). The smallest absolute Gasteiger partial charge is 0.234 e. The number of carbonyl (C=O) groups excluding carboxylic acids is 1. The molecule has 116 valence electrons. The molecule has 1 N–H and O–H groups in total. The number of nitrogens with one attached hydrogen (secondary N) is 1. The van der Waals surface area contributed by atoms with Crippen LogP contribution in [0.5, 0.6) is 5.75 Å². The van der Waals surface area contributed by atoms with Crippen molar-refractivity contribution in [2.75, 3.05) is 11.1 Å². The molecule has 0 spiro atoms. The number of anilines is 1. The summed E-state index contributed by atoms with van der Waals surface area (Å²) in [5, 5.41) is 2.90. The first kappa shape index (κ1) is 16.4. The number of ether oxygens (including phenoxy) is 1. The lowest BCUT2D eigenvalue weighted by Gasteiger charge is -2.11. The summed E-state index contributed by atoms with van der Waals surface area (Å²) in [4.78, 5) is 13.1. The fraction of sp³-hybridized carbons (Fsp3) is 0.278. The van der Waals surface area contributed by atoms with Gasteiger partial charge in [0.1, 0.15) is 5.75 Å². The molecular weight excluding hydrogens is 294 g/mol. The minimum atomic E-state index is -0.0210. The maximum Gasteiger partial charge on any atom is 0.234 e. The maximum absolute atomic E-state index is 12.0. The number of hydrogen-bond donors (Lipinski definition) is 1. The summed E-state index contributed by atoms with van der Waals surface area (Å²) >= 11 is 1.53. The van der Waals surface area contributed by atoms with Crippen LogP contribution in [0.25, 0.3) is 0 Å². The largest absolute Gasteiger partial charge is 0.491 e. The molecule has 0 saturated carbocycles. The normalized spacial score (nSPS) is 10.5. The van der Waals surface area contributed by atoms with Gasteiger partial charge in [0.05, 0.1) is 11.9 Å². The highest BCUT2D eigenvalue weighted by Crippen LogP contribution is 2.21. The van der Waals surface area contributed by atoms with Crippen LogP contribution in [0.3, 0.4) is 0 Å². The first-order valence-corrected chi connectivity index (χ1v) is 8.27. The van der Waals surface area contributed by atoms with E-state index in [4.69, 9.17) is 4.74 Å². The van der Waals surface area contributed by atoms with E-state index in [-0.39, 0.29) is 12.0 Å². The van der Waals surface area contributed by atoms with Gasteiger partial charge in [0.15, 0.2) is 0 Å². The Morgan fingerprint density at radius 3 is 2.59 bits per heavy atom. The lowest BCUT2D eigenvalue weighted by molar-refractivity contribution is -0.113. The van der Waals surface area contributed by atoms with E-state index in [9.17, 15) is 4.79 Å². The zero-order valence-electron chi connectivity index (χ0n) is 13.1. The van der Waals surface area contributed by atoms with Crippen LogP contribution in [0.4, 0.5) is 5.69 Å². The van der Waals surface area contributed by atoms with E-state index in [1.807, 2.05) is 69.3 Å². The Bertz CT molecular complexity index is 623. The summed E-state index contributed by atoms with van der Waals surface area (Å²) in [5.74, 6) is 1.13. The average Bonchev–Trinajstić information content (AvgIpc) is 2.46. The Morgan fingerprint density at radius 1 is 1.18 bits per heavy atom. The van der Waals surface area contributed by atoms with Crippen LogP contribution in [-0.2, 0) is 4.79 Å². The Labute approximate surface area is 136 Å². The van der Waals surface area contributed by atoms with E-state index < -0.39 is 0 Å². The van der Waals surface area contributed by atoms with Gasteiger partial charge < -0.3 is 10.1 Å². The van der Waals surface area contributed by atoms with Crippen molar-refractivity contribution in [3.8, 4) is 5.75 Å². The Morgan fingerprint density at radius 2 is 1.91 bits per heavy atom. The zero-order valence-corrected chi connectivity index (χ0v) is 13.9. The molecule has 4 heteroatoms. The fourth-order valence-electron chi connectivity index (χ4n) is 1.90. The van der Waals surface area contributed by atoms with Gasteiger partial charge in [-0.1, -0.05) is 23.8 Å². The molecule has 2 rings (SSSR count). The molecule has 2 aromatic carbocycles. The maximum atomic E-state index is 12.0. The van der Waals surface area contributed by atoms with E-state index in [2.05, 4.69) is 5.32 Å². The molecule has 0 aliphatic rings. The van der Waals surface area contributed by atoms with Gasteiger partial charge in [-0.25, -0.2) is 0 Å². The van der Waals surface area contributed by atoms with Crippen LogP contribution >= 0.6 is 11.8 Å². The minimum Gasteiger partial charge on any atom is -0.491 e. The highest BCUT2D eigenvalue weighted by Gasteiger charge is 2.05. The molecule has 2 aromatic rings. The number of aryl methyl sites for hydroxylation is 1. The van der Waals surface area contributed by atoms with Gasteiger partial charge >= 0.3 is 0 Å². The van der Waals surface area contributed by atoms with Crippen LogP contribution in [0.15, 0.2) is 53.4 Å². The van der Waals surface area contributed by atoms with Crippen LogP contribution in [-0.4, -0.2) is 17.8 Å². The van der Waals surface area contributed by atoms with E-state index in [0.29, 0.717) is 5.75 Å². The first-order chi connectivity index (χ1) is 10.5. The Hall–Kier alpha value is -1.94. The first-order valence-electron chi connectivity index (χ1n) is 7.29. The predicted molar refractivity (Wildman–Crippen MR) is 92.7 cm³/mol. The average molecular weight is 315 g/mol. The number of amides is 1. The van der Waals surface area contributed by atoms with Crippen molar-refractivity contribution in [3.63, 3.8) is 0 Å². The van der Waals surface area contributed by atoms with Gasteiger partial charge in [-0.2, -0.15) is 0 Å². The molecule has 0 unspecified atom stereocenters. The van der Waals surface area contributed by atoms with Crippen LogP contribution in [0.2, 0.25) is 0 Å².